The molecule has 0 fully saturated rings. The summed E-state index contributed by atoms with van der Waals surface area (Å²) in [6.07, 6.45) is 0. The number of phenolic OH excluding ortho intramolecular Hbond substituents is 1. The molecule has 2 aromatic carbocycles. The molecule has 0 aliphatic carbocycles. The van der Waals surface area contributed by atoms with Gasteiger partial charge in [0.1, 0.15) is 10.6 Å². The van der Waals surface area contributed by atoms with Crippen LogP contribution in [-0.4, -0.2) is 18.1 Å². The molecule has 0 aliphatic rings. The largest absolute Gasteiger partial charge is 0.505 e. The summed E-state index contributed by atoms with van der Waals surface area (Å²) >= 11 is 4.09. The van der Waals surface area contributed by atoms with E-state index >= 15 is 0 Å². The number of nitrogen functional groups attached to an aromatic ring is 2. The maximum absolute atomic E-state index is 11.1. The minimum Gasteiger partial charge on any atom is -0.505 e. The second-order valence-electron chi connectivity index (χ2n) is 3.74. The molecule has 0 bridgehead atoms. The van der Waals surface area contributed by atoms with Gasteiger partial charge in [-0.25, -0.2) is 0 Å². The van der Waals surface area contributed by atoms with E-state index in [1.165, 1.54) is 12.1 Å². The van der Waals surface area contributed by atoms with Crippen molar-refractivity contribution in [3.63, 3.8) is 0 Å². The molecule has 0 heterocycles. The quantitative estimate of drug-likeness (QED) is 0.232. The number of fused-ring (bicyclic) bond motifs is 1. The number of nitrogens with two attached hydrogens (primary N) is 2. The molecule has 2 rings (SSSR count). The lowest BCUT2D eigenvalue weighted by Crippen LogP contribution is -2.03. The summed E-state index contributed by atoms with van der Waals surface area (Å²) in [6.45, 7) is 0. The summed E-state index contributed by atoms with van der Waals surface area (Å²) in [5.74, 6) is -0.444. The Kier molecular flexibility index (Phi) is 2.80. The molecule has 96 valence electrons. The highest BCUT2D eigenvalue weighted by Gasteiger charge is 2.19. The van der Waals surface area contributed by atoms with E-state index in [9.17, 15) is 13.5 Å². The summed E-state index contributed by atoms with van der Waals surface area (Å²) in [5.41, 5.74) is 11.0. The predicted octanol–water partition coefficient (Wildman–Crippen LogP) is 1.25. The number of benzene rings is 2. The normalized spacial score (nSPS) is 11.9. The highest BCUT2D eigenvalue weighted by molar-refractivity contribution is 7.86. The Morgan fingerprint density at radius 2 is 1.78 bits per heavy atom. The molecule has 0 amide bonds. The van der Waals surface area contributed by atoms with E-state index in [0.717, 1.165) is 6.07 Å². The Hall–Kier alpha value is -1.64. The lowest BCUT2D eigenvalue weighted by Gasteiger charge is -2.10. The van der Waals surface area contributed by atoms with Crippen molar-refractivity contribution in [2.24, 2.45) is 0 Å². The van der Waals surface area contributed by atoms with Gasteiger partial charge in [0.2, 0.25) is 0 Å². The van der Waals surface area contributed by atoms with E-state index < -0.39 is 26.5 Å². The van der Waals surface area contributed by atoms with Crippen molar-refractivity contribution in [3.05, 3.63) is 18.2 Å². The molecule has 0 aromatic heterocycles. The number of rotatable bonds is 1. The van der Waals surface area contributed by atoms with Crippen molar-refractivity contribution in [2.75, 3.05) is 11.5 Å². The number of phenols is 1. The van der Waals surface area contributed by atoms with Crippen LogP contribution >= 0.6 is 12.6 Å². The zero-order valence-electron chi connectivity index (χ0n) is 8.95. The van der Waals surface area contributed by atoms with Crippen LogP contribution in [0.15, 0.2) is 28.0 Å². The van der Waals surface area contributed by atoms with Crippen LogP contribution in [0, 0.1) is 0 Å². The number of anilines is 2. The molecule has 0 spiro atoms. The van der Waals surface area contributed by atoms with Gasteiger partial charge in [-0.2, -0.15) is 8.42 Å². The van der Waals surface area contributed by atoms with E-state index in [4.69, 9.17) is 16.0 Å². The van der Waals surface area contributed by atoms with Gasteiger partial charge in [-0.15, -0.1) is 12.6 Å². The van der Waals surface area contributed by atoms with E-state index in [1.54, 1.807) is 0 Å². The zero-order chi connectivity index (χ0) is 13.7. The smallest absolute Gasteiger partial charge is 0.296 e. The number of hydrogen-bond acceptors (Lipinski definition) is 6. The molecule has 0 saturated heterocycles. The van der Waals surface area contributed by atoms with Crippen molar-refractivity contribution >= 4 is 44.9 Å². The summed E-state index contributed by atoms with van der Waals surface area (Å²) < 4.78 is 31.3. The minimum atomic E-state index is -4.51. The maximum atomic E-state index is 11.1. The lowest BCUT2D eigenvalue weighted by atomic mass is 10.1. The van der Waals surface area contributed by atoms with Crippen LogP contribution < -0.4 is 11.5 Å². The van der Waals surface area contributed by atoms with E-state index in [-0.39, 0.29) is 5.39 Å². The van der Waals surface area contributed by atoms with Crippen LogP contribution in [0.5, 0.6) is 5.75 Å². The SMILES string of the molecule is Nc1cc2c(O)c(N)c(S(=O)(=O)O)cc2cc1S. The third-order valence-electron chi connectivity index (χ3n) is 2.54. The summed E-state index contributed by atoms with van der Waals surface area (Å²) in [4.78, 5) is -0.127. The molecule has 8 heteroatoms. The molecule has 18 heavy (non-hydrogen) atoms. The van der Waals surface area contributed by atoms with Gasteiger partial charge in [0.05, 0.1) is 5.69 Å². The Morgan fingerprint density at radius 3 is 2.33 bits per heavy atom. The van der Waals surface area contributed by atoms with Crippen LogP contribution in [0.4, 0.5) is 11.4 Å². The Labute approximate surface area is 108 Å². The molecule has 0 aliphatic heterocycles. The van der Waals surface area contributed by atoms with Gasteiger partial charge < -0.3 is 16.6 Å². The average molecular weight is 286 g/mol. The molecular weight excluding hydrogens is 276 g/mol. The zero-order valence-corrected chi connectivity index (χ0v) is 10.7. The van der Waals surface area contributed by atoms with Crippen molar-refractivity contribution in [3.8, 4) is 5.75 Å². The van der Waals surface area contributed by atoms with Gasteiger partial charge in [-0.3, -0.25) is 4.55 Å². The van der Waals surface area contributed by atoms with Crippen LogP contribution in [-0.2, 0) is 10.1 Å². The third-order valence-corrected chi connectivity index (χ3v) is 3.82. The second kappa shape index (κ2) is 3.94. The minimum absolute atomic E-state index is 0.287. The topological polar surface area (TPSA) is 127 Å². The van der Waals surface area contributed by atoms with Crippen molar-refractivity contribution in [1.29, 1.82) is 0 Å². The van der Waals surface area contributed by atoms with Gasteiger partial charge >= 0.3 is 0 Å². The fraction of sp³-hybridized carbons (Fsp3) is 0. The molecule has 0 radical (unpaired) electrons. The van der Waals surface area contributed by atoms with Crippen LogP contribution in [0.3, 0.4) is 0 Å². The molecular formula is C10H10N2O4S2. The van der Waals surface area contributed by atoms with Crippen molar-refractivity contribution < 1.29 is 18.1 Å². The van der Waals surface area contributed by atoms with Gasteiger partial charge in [0.15, 0.2) is 0 Å². The van der Waals surface area contributed by atoms with E-state index in [1.807, 2.05) is 0 Å². The molecule has 6 N–H and O–H groups in total. The first kappa shape index (κ1) is 12.8. The van der Waals surface area contributed by atoms with Crippen molar-refractivity contribution in [1.82, 2.24) is 0 Å². The van der Waals surface area contributed by atoms with Crippen LogP contribution in [0.1, 0.15) is 0 Å². The molecule has 2 aromatic rings. The van der Waals surface area contributed by atoms with Crippen molar-refractivity contribution in [2.45, 2.75) is 9.79 Å². The Bertz CT molecular complexity index is 756. The molecule has 0 unspecified atom stereocenters. The van der Waals surface area contributed by atoms with Gasteiger partial charge in [0, 0.05) is 16.0 Å². The van der Waals surface area contributed by atoms with Gasteiger partial charge in [0.25, 0.3) is 10.1 Å². The first-order chi connectivity index (χ1) is 8.21. The predicted molar refractivity (Wildman–Crippen MR) is 71.5 cm³/mol. The highest BCUT2D eigenvalue weighted by atomic mass is 32.2. The fourth-order valence-corrected chi connectivity index (χ4v) is 2.49. The molecule has 0 atom stereocenters. The summed E-state index contributed by atoms with van der Waals surface area (Å²) in [7, 11) is -4.51. The number of aromatic hydroxyl groups is 1. The maximum Gasteiger partial charge on any atom is 0.296 e. The summed E-state index contributed by atoms with van der Waals surface area (Å²) in [6, 6.07) is 4.05. The first-order valence-corrected chi connectivity index (χ1v) is 6.61. The number of thiol groups is 1. The second-order valence-corrected chi connectivity index (χ2v) is 5.62. The molecule has 0 saturated carbocycles. The standard InChI is InChI=1S/C10H10N2O4S2/c11-6-3-5-4(1-7(6)17)2-8(18(14,15)16)9(12)10(5)13/h1-3,13,17H,11-12H2,(H,14,15,16). The summed E-state index contributed by atoms with van der Waals surface area (Å²) in [5, 5.41) is 10.5. The van der Waals surface area contributed by atoms with Crippen LogP contribution in [0.25, 0.3) is 10.8 Å². The monoisotopic (exact) mass is 286 g/mol. The van der Waals surface area contributed by atoms with E-state index in [2.05, 4.69) is 12.6 Å². The van der Waals surface area contributed by atoms with Crippen LogP contribution in [0.2, 0.25) is 0 Å². The first-order valence-electron chi connectivity index (χ1n) is 4.73. The van der Waals surface area contributed by atoms with Gasteiger partial charge in [-0.05, 0) is 23.6 Å². The average Bonchev–Trinajstić information content (AvgIpc) is 2.25. The molecule has 6 nitrogen and oxygen atoms in total. The lowest BCUT2D eigenvalue weighted by molar-refractivity contribution is 0.473. The van der Waals surface area contributed by atoms with Gasteiger partial charge in [-0.1, -0.05) is 0 Å². The number of hydrogen-bond donors (Lipinski definition) is 5. The Morgan fingerprint density at radius 1 is 1.17 bits per heavy atom. The fourth-order valence-electron chi connectivity index (χ4n) is 1.64. The highest BCUT2D eigenvalue weighted by Crippen LogP contribution is 2.38. The third kappa shape index (κ3) is 1.94. The Balaban J connectivity index is 2.97. The van der Waals surface area contributed by atoms with E-state index in [0.29, 0.717) is 16.0 Å².